The summed E-state index contributed by atoms with van der Waals surface area (Å²) >= 11 is 1.46. The normalized spacial score (nSPS) is 23.2. The zero-order valence-corrected chi connectivity index (χ0v) is 19.1. The van der Waals surface area contributed by atoms with Gasteiger partial charge in [-0.1, -0.05) is 18.9 Å². The molecule has 0 saturated heterocycles. The Bertz CT molecular complexity index is 1100. The van der Waals surface area contributed by atoms with E-state index >= 15 is 0 Å². The van der Waals surface area contributed by atoms with Crippen LogP contribution in [0.2, 0.25) is 0 Å². The molecule has 1 aromatic heterocycles. The van der Waals surface area contributed by atoms with E-state index < -0.39 is 5.54 Å². The molecule has 1 atom stereocenters. The second kappa shape index (κ2) is 7.54. The summed E-state index contributed by atoms with van der Waals surface area (Å²) in [7, 11) is 0. The third kappa shape index (κ3) is 3.58. The summed E-state index contributed by atoms with van der Waals surface area (Å²) in [6, 6.07) is 6.22. The van der Waals surface area contributed by atoms with Crippen LogP contribution >= 0.6 is 11.8 Å². The number of hydrogen-bond donors (Lipinski definition) is 2. The van der Waals surface area contributed by atoms with Crippen molar-refractivity contribution in [3.8, 4) is 5.75 Å². The van der Waals surface area contributed by atoms with Crippen molar-refractivity contribution in [3.05, 3.63) is 40.6 Å². The Morgan fingerprint density at radius 1 is 1.31 bits per heavy atom. The Morgan fingerprint density at radius 2 is 2.16 bits per heavy atom. The maximum atomic E-state index is 13.3. The lowest BCUT2D eigenvalue weighted by Gasteiger charge is -2.46. The molecule has 7 nitrogen and oxygen atoms in total. The number of rotatable bonds is 8. The lowest BCUT2D eigenvalue weighted by atomic mass is 9.66. The van der Waals surface area contributed by atoms with Gasteiger partial charge in [-0.3, -0.25) is 9.59 Å². The number of amides is 2. The van der Waals surface area contributed by atoms with Gasteiger partial charge in [-0.25, -0.2) is 4.68 Å². The molecule has 32 heavy (non-hydrogen) atoms. The second-order valence-corrected chi connectivity index (χ2v) is 10.5. The van der Waals surface area contributed by atoms with Crippen molar-refractivity contribution in [1.29, 1.82) is 0 Å². The molecule has 4 aliphatic rings. The first-order valence-corrected chi connectivity index (χ1v) is 12.9. The van der Waals surface area contributed by atoms with E-state index in [9.17, 15) is 9.59 Å². The smallest absolute Gasteiger partial charge is 0.257 e. The zero-order chi connectivity index (χ0) is 21.9. The minimum absolute atomic E-state index is 0.0989. The predicted octanol–water partition coefficient (Wildman–Crippen LogP) is 3.26. The van der Waals surface area contributed by atoms with Crippen molar-refractivity contribution in [1.82, 2.24) is 15.1 Å². The van der Waals surface area contributed by atoms with E-state index in [4.69, 9.17) is 9.84 Å². The van der Waals surface area contributed by atoms with Crippen LogP contribution in [0.5, 0.6) is 5.75 Å². The van der Waals surface area contributed by atoms with E-state index in [-0.39, 0.29) is 11.8 Å². The van der Waals surface area contributed by atoms with Crippen LogP contribution in [0.15, 0.2) is 18.2 Å². The average molecular weight is 453 g/mol. The van der Waals surface area contributed by atoms with Crippen LogP contribution < -0.4 is 15.4 Å². The van der Waals surface area contributed by atoms with Gasteiger partial charge < -0.3 is 15.4 Å². The van der Waals surface area contributed by atoms with E-state index in [1.165, 1.54) is 30.2 Å². The highest BCUT2D eigenvalue weighted by Gasteiger charge is 2.49. The lowest BCUT2D eigenvalue weighted by molar-refractivity contribution is -0.113. The molecule has 0 bridgehead atoms. The summed E-state index contributed by atoms with van der Waals surface area (Å²) in [5.74, 6) is 2.33. The van der Waals surface area contributed by atoms with E-state index in [1.807, 2.05) is 17.0 Å². The topological polar surface area (TPSA) is 85.2 Å². The molecule has 168 valence electrons. The molecule has 1 spiro atoms. The van der Waals surface area contributed by atoms with Gasteiger partial charge in [0.1, 0.15) is 17.1 Å². The van der Waals surface area contributed by atoms with Crippen molar-refractivity contribution < 1.29 is 14.3 Å². The van der Waals surface area contributed by atoms with Gasteiger partial charge in [0.25, 0.3) is 5.91 Å². The van der Waals surface area contributed by atoms with Gasteiger partial charge >= 0.3 is 0 Å². The fraction of sp³-hybridized carbons (Fsp3) is 0.542. The molecule has 2 N–H and O–H groups in total. The van der Waals surface area contributed by atoms with Crippen molar-refractivity contribution >= 4 is 29.4 Å². The van der Waals surface area contributed by atoms with Crippen molar-refractivity contribution in [2.75, 3.05) is 17.3 Å². The Labute approximate surface area is 191 Å². The molecule has 2 heterocycles. The number of nitrogens with one attached hydrogen (secondary N) is 2. The van der Waals surface area contributed by atoms with Crippen LogP contribution in [0.4, 0.5) is 5.82 Å². The molecule has 1 aliphatic heterocycles. The molecule has 2 saturated carbocycles. The monoisotopic (exact) mass is 452 g/mol. The number of nitrogens with zero attached hydrogens (tertiary/aromatic N) is 2. The molecular weight excluding hydrogens is 424 g/mol. The van der Waals surface area contributed by atoms with Crippen LogP contribution in [-0.2, 0) is 29.7 Å². The summed E-state index contributed by atoms with van der Waals surface area (Å²) in [5, 5.41) is 11.1. The Hall–Kier alpha value is -2.48. The van der Waals surface area contributed by atoms with Gasteiger partial charge in [-0.2, -0.15) is 16.9 Å². The van der Waals surface area contributed by atoms with Gasteiger partial charge in [-0.15, -0.1) is 0 Å². The van der Waals surface area contributed by atoms with Gasteiger partial charge in [0, 0.05) is 19.4 Å². The third-order valence-electron chi connectivity index (χ3n) is 6.96. The summed E-state index contributed by atoms with van der Waals surface area (Å²) in [4.78, 5) is 25.7. The molecule has 2 amide bonds. The number of hydrogen-bond acceptors (Lipinski definition) is 5. The predicted molar refractivity (Wildman–Crippen MR) is 123 cm³/mol. The summed E-state index contributed by atoms with van der Waals surface area (Å²) in [6.07, 6.45) is 9.53. The number of benzene rings is 1. The second-order valence-electron chi connectivity index (χ2n) is 9.63. The van der Waals surface area contributed by atoms with Gasteiger partial charge in [-0.05, 0) is 54.7 Å². The minimum Gasteiger partial charge on any atom is -0.490 e. The minimum atomic E-state index is -0.409. The Morgan fingerprint density at radius 3 is 2.88 bits per heavy atom. The van der Waals surface area contributed by atoms with Crippen LogP contribution in [0.1, 0.15) is 59.3 Å². The maximum Gasteiger partial charge on any atom is 0.257 e. The number of ether oxygens (including phenoxy) is 1. The molecule has 8 heteroatoms. The molecule has 6 rings (SSSR count). The molecular formula is C24H28N4O3S. The largest absolute Gasteiger partial charge is 0.490 e. The highest BCUT2D eigenvalue weighted by molar-refractivity contribution is 7.99. The number of thioether (sulfide) groups is 1. The molecule has 3 aliphatic carbocycles. The molecule has 1 unspecified atom stereocenters. The van der Waals surface area contributed by atoms with Crippen LogP contribution in [0, 0.1) is 5.92 Å². The highest BCUT2D eigenvalue weighted by atomic mass is 32.2. The molecule has 2 aromatic rings. The third-order valence-corrected chi connectivity index (χ3v) is 7.52. The standard InChI is InChI=1S/C24H28N4O3S/c1-32-13-20(29)25-22-21-19(27-28(22)9-8-14-2-3-14)12-24(26-23(21)30)11-15-10-17(6-7-18(15)24)31-16-4-5-16/h6-7,10,14,16H,2-5,8-9,11-13H2,1H3,(H,25,29)(H,26,30). The Kier molecular flexibility index (Phi) is 4.75. The fourth-order valence-corrected chi connectivity index (χ4v) is 5.34. The van der Waals surface area contributed by atoms with E-state index in [2.05, 4.69) is 22.8 Å². The summed E-state index contributed by atoms with van der Waals surface area (Å²) in [5.41, 5.74) is 3.29. The maximum absolute atomic E-state index is 13.3. The SMILES string of the molecule is CSCC(=O)Nc1c2c(nn1CCC1CC1)CC1(Cc3cc(OC4CC4)ccc31)NC2=O. The molecule has 2 fully saturated rings. The van der Waals surface area contributed by atoms with Gasteiger partial charge in [0.05, 0.1) is 23.1 Å². The van der Waals surface area contributed by atoms with Crippen LogP contribution in [0.3, 0.4) is 0 Å². The first kappa shape index (κ1) is 20.1. The van der Waals surface area contributed by atoms with Crippen LogP contribution in [0.25, 0.3) is 0 Å². The molecule has 0 radical (unpaired) electrons. The number of fused-ring (bicyclic) bond motifs is 3. The van der Waals surface area contributed by atoms with E-state index in [0.29, 0.717) is 29.7 Å². The van der Waals surface area contributed by atoms with Gasteiger partial charge in [0.2, 0.25) is 5.91 Å². The van der Waals surface area contributed by atoms with E-state index in [1.54, 1.807) is 0 Å². The first-order chi connectivity index (χ1) is 15.5. The number of carbonyl (C=O) groups excluding carboxylic acids is 2. The van der Waals surface area contributed by atoms with Crippen molar-refractivity contribution in [2.24, 2.45) is 5.92 Å². The average Bonchev–Trinajstić information content (AvgIpc) is 3.66. The fourth-order valence-electron chi connectivity index (χ4n) is 5.00. The van der Waals surface area contributed by atoms with Crippen molar-refractivity contribution in [3.63, 3.8) is 0 Å². The Balaban J connectivity index is 1.29. The first-order valence-electron chi connectivity index (χ1n) is 11.6. The van der Waals surface area contributed by atoms with Crippen molar-refractivity contribution in [2.45, 2.75) is 63.1 Å². The number of aromatic nitrogens is 2. The summed E-state index contributed by atoms with van der Waals surface area (Å²) < 4.78 is 7.78. The van der Waals surface area contributed by atoms with Gasteiger partial charge in [0.15, 0.2) is 0 Å². The number of aryl methyl sites for hydroxylation is 1. The summed E-state index contributed by atoms with van der Waals surface area (Å²) in [6.45, 7) is 0.727. The quantitative estimate of drug-likeness (QED) is 0.642. The number of anilines is 1. The highest BCUT2D eigenvalue weighted by Crippen LogP contribution is 2.46. The lowest BCUT2D eigenvalue weighted by Crippen LogP contribution is -2.57. The molecule has 1 aromatic carbocycles. The number of carbonyl (C=O) groups is 2. The van der Waals surface area contributed by atoms with E-state index in [0.717, 1.165) is 55.2 Å². The van der Waals surface area contributed by atoms with Crippen LogP contribution in [-0.4, -0.2) is 39.7 Å². The zero-order valence-electron chi connectivity index (χ0n) is 18.3.